The van der Waals surface area contributed by atoms with Crippen LogP contribution in [0.5, 0.6) is 0 Å². The largest absolute Gasteiger partial charge is 0.396 e. The van der Waals surface area contributed by atoms with Gasteiger partial charge in [-0.2, -0.15) is 0 Å². The molecule has 3 aromatic rings. The van der Waals surface area contributed by atoms with Crippen molar-refractivity contribution < 1.29 is 5.11 Å². The average Bonchev–Trinajstić information content (AvgIpc) is 3.16. The zero-order chi connectivity index (χ0) is 16.7. The molecule has 0 atom stereocenters. The van der Waals surface area contributed by atoms with Crippen LogP contribution in [0.4, 0.5) is 0 Å². The minimum absolute atomic E-state index is 0.160. The number of aromatic nitrogens is 3. The molecule has 0 radical (unpaired) electrons. The molecule has 4 rings (SSSR count). The third-order valence-electron chi connectivity index (χ3n) is 4.46. The lowest BCUT2D eigenvalue weighted by atomic mass is 9.99. The van der Waals surface area contributed by atoms with Gasteiger partial charge in [0.25, 0.3) is 0 Å². The van der Waals surface area contributed by atoms with Gasteiger partial charge in [0.05, 0.1) is 16.8 Å². The number of thioether (sulfide) groups is 1. The first-order valence-electron chi connectivity index (χ1n) is 8.50. The van der Waals surface area contributed by atoms with Gasteiger partial charge in [0.1, 0.15) is 16.2 Å². The monoisotopic (exact) mass is 359 g/mol. The van der Waals surface area contributed by atoms with Crippen molar-refractivity contribution in [1.29, 1.82) is 0 Å². The average molecular weight is 360 g/mol. The zero-order valence-electron chi connectivity index (χ0n) is 14.0. The number of rotatable bonds is 5. The predicted octanol–water partition coefficient (Wildman–Crippen LogP) is 4.01. The third kappa shape index (κ3) is 2.70. The van der Waals surface area contributed by atoms with Crippen molar-refractivity contribution >= 4 is 43.5 Å². The molecule has 126 valence electrons. The van der Waals surface area contributed by atoms with Gasteiger partial charge >= 0.3 is 0 Å². The van der Waals surface area contributed by atoms with E-state index in [1.807, 2.05) is 0 Å². The molecule has 1 N–H and O–H groups in total. The molecule has 0 amide bonds. The van der Waals surface area contributed by atoms with Crippen molar-refractivity contribution in [1.82, 2.24) is 15.0 Å². The van der Waals surface area contributed by atoms with Crippen LogP contribution in [0.2, 0.25) is 0 Å². The predicted molar refractivity (Wildman–Crippen MR) is 101 cm³/mol. The van der Waals surface area contributed by atoms with Crippen molar-refractivity contribution in [2.24, 2.45) is 5.92 Å². The Hall–Kier alpha value is -1.24. The van der Waals surface area contributed by atoms with Crippen molar-refractivity contribution in [3.63, 3.8) is 0 Å². The second-order valence-electron chi connectivity index (χ2n) is 6.68. The molecule has 24 heavy (non-hydrogen) atoms. The van der Waals surface area contributed by atoms with Gasteiger partial charge in [-0.25, -0.2) is 15.0 Å². The topological polar surface area (TPSA) is 58.9 Å². The van der Waals surface area contributed by atoms with Crippen molar-refractivity contribution in [2.75, 3.05) is 12.4 Å². The molecule has 3 heterocycles. The van der Waals surface area contributed by atoms with Gasteiger partial charge in [0, 0.05) is 16.8 Å². The number of aliphatic hydroxyl groups is 1. The molecule has 0 spiro atoms. The summed E-state index contributed by atoms with van der Waals surface area (Å²) >= 11 is 3.30. The number of aryl methyl sites for hydroxylation is 1. The first-order chi connectivity index (χ1) is 11.7. The summed E-state index contributed by atoms with van der Waals surface area (Å²) < 4.78 is 1.12. The fourth-order valence-electron chi connectivity index (χ4n) is 3.56. The maximum Gasteiger partial charge on any atom is 0.126 e. The summed E-state index contributed by atoms with van der Waals surface area (Å²) in [6.07, 6.45) is 6.20. The summed E-state index contributed by atoms with van der Waals surface area (Å²) in [4.78, 5) is 15.2. The van der Waals surface area contributed by atoms with Crippen LogP contribution >= 0.6 is 23.1 Å². The van der Waals surface area contributed by atoms with Crippen LogP contribution in [0.3, 0.4) is 0 Å². The molecule has 0 aromatic carbocycles. The maximum absolute atomic E-state index is 9.11. The summed E-state index contributed by atoms with van der Waals surface area (Å²) in [5.41, 5.74) is 5.28. The molecular weight excluding hydrogens is 338 g/mol. The van der Waals surface area contributed by atoms with Gasteiger partial charge in [0.2, 0.25) is 0 Å². The minimum Gasteiger partial charge on any atom is -0.396 e. The lowest BCUT2D eigenvalue weighted by Gasteiger charge is -2.11. The first-order valence-corrected chi connectivity index (χ1v) is 10.3. The van der Waals surface area contributed by atoms with E-state index in [-0.39, 0.29) is 6.61 Å². The molecule has 3 aromatic heterocycles. The van der Waals surface area contributed by atoms with E-state index in [1.54, 1.807) is 29.4 Å². The van der Waals surface area contributed by atoms with Crippen LogP contribution in [-0.4, -0.2) is 32.4 Å². The molecule has 0 aliphatic heterocycles. The number of hydrogen-bond acceptors (Lipinski definition) is 6. The summed E-state index contributed by atoms with van der Waals surface area (Å²) in [5.74, 6) is 1.27. The summed E-state index contributed by atoms with van der Waals surface area (Å²) in [6.45, 7) is 4.67. The van der Waals surface area contributed by atoms with E-state index in [2.05, 4.69) is 23.8 Å². The second-order valence-corrected chi connectivity index (χ2v) is 8.76. The molecule has 0 unspecified atom stereocenters. The Labute approximate surface area is 149 Å². The van der Waals surface area contributed by atoms with Crippen LogP contribution in [0.25, 0.3) is 20.4 Å². The van der Waals surface area contributed by atoms with Gasteiger partial charge < -0.3 is 5.11 Å². The number of thiophene rings is 1. The summed E-state index contributed by atoms with van der Waals surface area (Å²) in [5, 5.41) is 11.3. The van der Waals surface area contributed by atoms with Crippen molar-refractivity contribution in [3.05, 3.63) is 23.1 Å². The highest BCUT2D eigenvalue weighted by Gasteiger charge is 2.24. The number of pyridine rings is 1. The molecule has 1 aliphatic carbocycles. The highest BCUT2D eigenvalue weighted by atomic mass is 32.2. The fourth-order valence-corrected chi connectivity index (χ4v) is 5.55. The molecule has 6 heteroatoms. The molecule has 1 aliphatic rings. The molecule has 0 saturated carbocycles. The standard InChI is InChI=1S/C18H21N3OS2/c1-10(2)8-13-11-4-3-5-12(11)14-15-16(24-17(14)21-13)18(20-9-19-15)23-7-6-22/h9-10,22H,3-8H2,1-2H3. The first kappa shape index (κ1) is 16.2. The van der Waals surface area contributed by atoms with E-state index in [1.165, 1.54) is 28.6 Å². The third-order valence-corrected chi connectivity index (χ3v) is 6.64. The summed E-state index contributed by atoms with van der Waals surface area (Å²) in [6, 6.07) is 0. The summed E-state index contributed by atoms with van der Waals surface area (Å²) in [7, 11) is 0. The van der Waals surface area contributed by atoms with E-state index in [4.69, 9.17) is 10.1 Å². The smallest absolute Gasteiger partial charge is 0.126 e. The Kier molecular flexibility index (Phi) is 4.45. The van der Waals surface area contributed by atoms with Gasteiger partial charge in [-0.1, -0.05) is 13.8 Å². The van der Waals surface area contributed by atoms with Gasteiger partial charge in [-0.15, -0.1) is 23.1 Å². The minimum atomic E-state index is 0.160. The molecule has 4 nitrogen and oxygen atoms in total. The zero-order valence-corrected chi connectivity index (χ0v) is 15.6. The highest BCUT2D eigenvalue weighted by molar-refractivity contribution is 7.99. The van der Waals surface area contributed by atoms with Gasteiger partial charge in [-0.05, 0) is 42.7 Å². The highest BCUT2D eigenvalue weighted by Crippen LogP contribution is 2.42. The fraction of sp³-hybridized carbons (Fsp3) is 0.500. The van der Waals surface area contributed by atoms with Crippen LogP contribution in [0.15, 0.2) is 11.4 Å². The Morgan fingerprint density at radius 2 is 2.08 bits per heavy atom. The second kappa shape index (κ2) is 6.58. The Morgan fingerprint density at radius 3 is 2.88 bits per heavy atom. The van der Waals surface area contributed by atoms with Crippen LogP contribution < -0.4 is 0 Å². The maximum atomic E-state index is 9.11. The van der Waals surface area contributed by atoms with Gasteiger partial charge in [0.15, 0.2) is 0 Å². The molecule has 0 fully saturated rings. The van der Waals surface area contributed by atoms with Crippen molar-refractivity contribution in [2.45, 2.75) is 44.6 Å². The van der Waals surface area contributed by atoms with E-state index in [9.17, 15) is 0 Å². The van der Waals surface area contributed by atoms with E-state index in [0.29, 0.717) is 11.7 Å². The van der Waals surface area contributed by atoms with Crippen LogP contribution in [-0.2, 0) is 19.3 Å². The van der Waals surface area contributed by atoms with Crippen molar-refractivity contribution in [3.8, 4) is 0 Å². The lowest BCUT2D eigenvalue weighted by molar-refractivity contribution is 0.322. The molecule has 0 bridgehead atoms. The van der Waals surface area contributed by atoms with E-state index in [0.717, 1.165) is 39.3 Å². The van der Waals surface area contributed by atoms with Gasteiger partial charge in [-0.3, -0.25) is 0 Å². The number of hydrogen-bond donors (Lipinski definition) is 1. The SMILES string of the molecule is CC(C)Cc1nc2sc3c(SCCO)ncnc3c2c2c1CCC2. The number of aliphatic hydroxyl groups excluding tert-OH is 1. The Balaban J connectivity index is 1.96. The van der Waals surface area contributed by atoms with E-state index < -0.39 is 0 Å². The van der Waals surface area contributed by atoms with E-state index >= 15 is 0 Å². The Bertz CT molecular complexity index is 904. The number of fused-ring (bicyclic) bond motifs is 5. The quantitative estimate of drug-likeness (QED) is 0.551. The Morgan fingerprint density at radius 1 is 1.25 bits per heavy atom. The number of nitrogens with zero attached hydrogens (tertiary/aromatic N) is 3. The molecular formula is C18H21N3OS2. The van der Waals surface area contributed by atoms with Crippen LogP contribution in [0, 0.1) is 5.92 Å². The van der Waals surface area contributed by atoms with Crippen LogP contribution in [0.1, 0.15) is 37.1 Å². The molecule has 0 saturated heterocycles. The normalized spacial score (nSPS) is 14.2. The lowest BCUT2D eigenvalue weighted by Crippen LogP contribution is -2.03.